The molecule has 0 saturated carbocycles. The van der Waals surface area contributed by atoms with Gasteiger partial charge in [-0.3, -0.25) is 0 Å². The zero-order valence-electron chi connectivity index (χ0n) is 21.9. The van der Waals surface area contributed by atoms with Crippen molar-refractivity contribution in [2.24, 2.45) is 16.2 Å². The van der Waals surface area contributed by atoms with Crippen LogP contribution in [0.15, 0.2) is 35.8 Å². The number of thioether (sulfide) groups is 1. The quantitative estimate of drug-likeness (QED) is 0.405. The monoisotopic (exact) mass is 414 g/mol. The third-order valence-corrected chi connectivity index (χ3v) is 3.27. The Labute approximate surface area is 186 Å². The van der Waals surface area contributed by atoms with Gasteiger partial charge in [-0.2, -0.15) is 0 Å². The van der Waals surface area contributed by atoms with E-state index in [1.54, 1.807) is 0 Å². The zero-order chi connectivity index (χ0) is 22.9. The highest BCUT2D eigenvalue weighted by atomic mass is 32.2. The first-order valence-electron chi connectivity index (χ1n) is 10.6. The van der Waals surface area contributed by atoms with E-state index in [0.717, 1.165) is 0 Å². The van der Waals surface area contributed by atoms with Gasteiger partial charge >= 0.3 is 0 Å². The molecular formula is C27H58S. The van der Waals surface area contributed by atoms with Crippen LogP contribution in [0.5, 0.6) is 0 Å². The lowest BCUT2D eigenvalue weighted by Crippen LogP contribution is -2.05. The summed E-state index contributed by atoms with van der Waals surface area (Å²) in [6.07, 6.45) is 10.9. The molecule has 0 fully saturated rings. The molecule has 0 bridgehead atoms. The van der Waals surface area contributed by atoms with Crippen molar-refractivity contribution in [3.63, 3.8) is 0 Å². The highest BCUT2D eigenvalue weighted by Crippen LogP contribution is 2.26. The van der Waals surface area contributed by atoms with Gasteiger partial charge in [-0.1, -0.05) is 149 Å². The van der Waals surface area contributed by atoms with E-state index in [2.05, 4.69) is 119 Å². The predicted molar refractivity (Wildman–Crippen MR) is 143 cm³/mol. The van der Waals surface area contributed by atoms with Gasteiger partial charge in [0, 0.05) is 4.75 Å². The van der Waals surface area contributed by atoms with Gasteiger partial charge in [0.15, 0.2) is 0 Å². The average molecular weight is 415 g/mol. The highest BCUT2D eigenvalue weighted by Gasteiger charge is 2.09. The fourth-order valence-corrected chi connectivity index (χ4v) is 2.02. The average Bonchev–Trinajstić information content (AvgIpc) is 2.44. The fourth-order valence-electron chi connectivity index (χ4n) is 1.13. The van der Waals surface area contributed by atoms with E-state index in [1.807, 2.05) is 39.5 Å². The second kappa shape index (κ2) is 18.6. The molecule has 0 aromatic heterocycles. The van der Waals surface area contributed by atoms with Crippen molar-refractivity contribution < 1.29 is 0 Å². The van der Waals surface area contributed by atoms with Crippen LogP contribution in [0.4, 0.5) is 0 Å². The first-order valence-corrected chi connectivity index (χ1v) is 11.5. The second-order valence-corrected chi connectivity index (χ2v) is 12.1. The van der Waals surface area contributed by atoms with Gasteiger partial charge in [0.1, 0.15) is 0 Å². The molecular weight excluding hydrogens is 356 g/mol. The van der Waals surface area contributed by atoms with Crippen LogP contribution in [0, 0.1) is 16.2 Å². The third-order valence-electron chi connectivity index (χ3n) is 2.29. The first kappa shape index (κ1) is 38.2. The van der Waals surface area contributed by atoms with Gasteiger partial charge in [0.2, 0.25) is 0 Å². The van der Waals surface area contributed by atoms with Crippen molar-refractivity contribution >= 4 is 11.8 Å². The molecule has 172 valence electrons. The van der Waals surface area contributed by atoms with E-state index in [-0.39, 0.29) is 7.43 Å². The second-order valence-electron chi connectivity index (χ2n) is 10.3. The third kappa shape index (κ3) is 56.2. The maximum Gasteiger partial charge on any atom is 0.0116 e. The normalized spacial score (nSPS) is 12.4. The Kier molecular flexibility index (Phi) is 25.4. The summed E-state index contributed by atoms with van der Waals surface area (Å²) in [7, 11) is 0. The van der Waals surface area contributed by atoms with Crippen molar-refractivity contribution in [3.8, 4) is 0 Å². The van der Waals surface area contributed by atoms with Crippen LogP contribution in [0.3, 0.4) is 0 Å². The van der Waals surface area contributed by atoms with Gasteiger partial charge in [0.25, 0.3) is 0 Å². The molecule has 1 heteroatoms. The summed E-state index contributed by atoms with van der Waals surface area (Å²) < 4.78 is 0.349. The molecule has 0 aliphatic heterocycles. The van der Waals surface area contributed by atoms with E-state index in [0.29, 0.717) is 21.0 Å². The molecule has 0 aromatic rings. The topological polar surface area (TPSA) is 0 Å². The standard InChI is InChI=1S/C12H22.C10H20S.2C2H6.CH4/c1-11(2,3)9-7-8-10-12(4,5)6;1-9(2,3)7-8-11-10(4,5)6;2*1-2;/h7-10H,1-6H3;7-8H,1-6H3;2*1-2H3;1H4/b;8-7-;;;. The lowest BCUT2D eigenvalue weighted by atomic mass is 9.94. The van der Waals surface area contributed by atoms with Crippen LogP contribution in [-0.2, 0) is 0 Å². The smallest absolute Gasteiger partial charge is 0.0116 e. The molecule has 0 heterocycles. The van der Waals surface area contributed by atoms with Gasteiger partial charge in [-0.25, -0.2) is 0 Å². The molecule has 0 aliphatic rings. The van der Waals surface area contributed by atoms with Gasteiger partial charge < -0.3 is 0 Å². The summed E-state index contributed by atoms with van der Waals surface area (Å²) in [4.78, 5) is 0. The van der Waals surface area contributed by atoms with Crippen molar-refractivity contribution in [1.29, 1.82) is 0 Å². The Morgan fingerprint density at radius 3 is 0.893 bits per heavy atom. The number of rotatable bonds is 2. The van der Waals surface area contributed by atoms with E-state index in [1.165, 1.54) is 0 Å². The summed E-state index contributed by atoms with van der Waals surface area (Å²) in [6, 6.07) is 0. The summed E-state index contributed by atoms with van der Waals surface area (Å²) in [6.45, 7) is 34.5. The molecule has 0 saturated heterocycles. The lowest BCUT2D eigenvalue weighted by molar-refractivity contribution is 0.539. The predicted octanol–water partition coefficient (Wildman–Crippen LogP) is 11.0. The Morgan fingerprint density at radius 2 is 0.714 bits per heavy atom. The van der Waals surface area contributed by atoms with Crippen LogP contribution >= 0.6 is 11.8 Å². The minimum absolute atomic E-state index is 0. The summed E-state index contributed by atoms with van der Waals surface area (Å²) >= 11 is 1.88. The molecule has 0 aliphatic carbocycles. The van der Waals surface area contributed by atoms with Gasteiger partial charge in [0.05, 0.1) is 0 Å². The van der Waals surface area contributed by atoms with Crippen LogP contribution in [-0.4, -0.2) is 4.75 Å². The van der Waals surface area contributed by atoms with E-state index < -0.39 is 0 Å². The zero-order valence-corrected chi connectivity index (χ0v) is 22.7. The molecule has 0 spiro atoms. The molecule has 0 unspecified atom stereocenters. The van der Waals surface area contributed by atoms with Crippen molar-refractivity contribution in [1.82, 2.24) is 0 Å². The molecule has 0 aromatic carbocycles. The lowest BCUT2D eigenvalue weighted by Gasteiger charge is -2.16. The van der Waals surface area contributed by atoms with Crippen molar-refractivity contribution in [3.05, 3.63) is 35.8 Å². The molecule has 0 radical (unpaired) electrons. The van der Waals surface area contributed by atoms with Crippen LogP contribution in [0.1, 0.15) is 118 Å². The summed E-state index contributed by atoms with van der Waals surface area (Å²) in [5.41, 5.74) is 0.905. The SMILES string of the molecule is C.CC.CC.CC(C)(C)/C=C\SC(C)(C)C.CC(C)(C)C=CC=CC(C)(C)C. The molecule has 0 N–H and O–H groups in total. The van der Waals surface area contributed by atoms with E-state index in [4.69, 9.17) is 0 Å². The Hall–Kier alpha value is -0.430. The Balaban J connectivity index is -0.000000104. The van der Waals surface area contributed by atoms with E-state index in [9.17, 15) is 0 Å². The molecule has 0 nitrogen and oxygen atoms in total. The number of hydrogen-bond donors (Lipinski definition) is 0. The highest BCUT2D eigenvalue weighted by molar-refractivity contribution is 8.03. The maximum atomic E-state index is 2.25. The molecule has 0 atom stereocenters. The largest absolute Gasteiger partial charge is 0.128 e. The minimum Gasteiger partial charge on any atom is -0.128 e. The first-order chi connectivity index (χ1) is 11.9. The van der Waals surface area contributed by atoms with Crippen LogP contribution in [0.25, 0.3) is 0 Å². The van der Waals surface area contributed by atoms with Crippen LogP contribution < -0.4 is 0 Å². The van der Waals surface area contributed by atoms with Gasteiger partial charge in [-0.15, -0.1) is 11.8 Å². The summed E-state index contributed by atoms with van der Waals surface area (Å²) in [5, 5.41) is 2.21. The van der Waals surface area contributed by atoms with Crippen molar-refractivity contribution in [2.75, 3.05) is 0 Å². The minimum atomic E-state index is 0. The molecule has 0 rings (SSSR count). The van der Waals surface area contributed by atoms with E-state index >= 15 is 0 Å². The Morgan fingerprint density at radius 1 is 0.464 bits per heavy atom. The van der Waals surface area contributed by atoms with Gasteiger partial charge in [-0.05, 0) is 21.7 Å². The number of hydrogen-bond acceptors (Lipinski definition) is 1. The fraction of sp³-hybridized carbons (Fsp3) is 0.778. The molecule has 28 heavy (non-hydrogen) atoms. The van der Waals surface area contributed by atoms with Crippen molar-refractivity contribution in [2.45, 2.75) is 123 Å². The van der Waals surface area contributed by atoms with Crippen LogP contribution in [0.2, 0.25) is 0 Å². The molecule has 0 amide bonds. The maximum absolute atomic E-state index is 2.25. The number of allylic oxidation sites excluding steroid dienone is 5. The Bertz CT molecular complexity index is 360. The summed E-state index contributed by atoms with van der Waals surface area (Å²) in [5.74, 6) is 0.